The van der Waals surface area contributed by atoms with Crippen LogP contribution < -0.4 is 16.9 Å². The summed E-state index contributed by atoms with van der Waals surface area (Å²) < 4.78 is 4.74. The summed E-state index contributed by atoms with van der Waals surface area (Å²) in [5.41, 5.74) is 12.9. The Labute approximate surface area is 133 Å². The lowest BCUT2D eigenvalue weighted by molar-refractivity contribution is -0.184. The molecule has 0 aromatic rings. The number of rotatable bonds is 8. The van der Waals surface area contributed by atoms with Crippen LogP contribution >= 0.6 is 0 Å². The van der Waals surface area contributed by atoms with Gasteiger partial charge >= 0.3 is 5.97 Å². The van der Waals surface area contributed by atoms with Crippen LogP contribution in [-0.2, 0) is 24.0 Å². The van der Waals surface area contributed by atoms with Crippen molar-refractivity contribution in [1.29, 1.82) is 5.41 Å². The highest BCUT2D eigenvalue weighted by Crippen LogP contribution is 2.00. The summed E-state index contributed by atoms with van der Waals surface area (Å²) in [6.07, 6.45) is -1.06. The Hall–Kier alpha value is -2.60. The second-order valence-electron chi connectivity index (χ2n) is 4.32. The minimum Gasteiger partial charge on any atom is -0.464 e. The highest BCUT2D eigenvalue weighted by atomic mass is 16.7. The molecule has 0 heterocycles. The summed E-state index contributed by atoms with van der Waals surface area (Å²) in [4.78, 5) is 33.9. The molecule has 0 spiro atoms. The van der Waals surface area contributed by atoms with Gasteiger partial charge in [0.2, 0.25) is 11.9 Å². The van der Waals surface area contributed by atoms with E-state index in [1.54, 1.807) is 21.0 Å². The first-order valence-corrected chi connectivity index (χ1v) is 6.58. The Bertz CT molecular complexity index is 454. The molecule has 1 atom stereocenters. The number of carbonyl (C=O) groups is 2. The molecule has 0 rings (SSSR count). The van der Waals surface area contributed by atoms with E-state index >= 15 is 0 Å². The molecule has 0 aliphatic heterocycles. The van der Waals surface area contributed by atoms with Crippen molar-refractivity contribution in [3.8, 4) is 0 Å². The lowest BCUT2D eigenvalue weighted by Gasteiger charge is -2.20. The van der Waals surface area contributed by atoms with Crippen LogP contribution in [0.5, 0.6) is 0 Å². The number of nitrogens with one attached hydrogen (secondary N) is 2. The second kappa shape index (κ2) is 10.2. The maximum atomic E-state index is 11.5. The highest BCUT2D eigenvalue weighted by molar-refractivity contribution is 5.81. The number of ether oxygens (including phenoxy) is 1. The molecule has 12 nitrogen and oxygen atoms in total. The van der Waals surface area contributed by atoms with Crippen LogP contribution in [0.2, 0.25) is 0 Å². The van der Waals surface area contributed by atoms with E-state index in [1.807, 2.05) is 0 Å². The van der Waals surface area contributed by atoms with Gasteiger partial charge in [0, 0.05) is 14.1 Å². The van der Waals surface area contributed by atoms with Gasteiger partial charge in [-0.25, -0.2) is 15.1 Å². The number of hydrazone groups is 1. The molecule has 6 N–H and O–H groups in total. The number of carbonyl (C=O) groups excluding carboxylic acids is 2. The van der Waals surface area contributed by atoms with Crippen LogP contribution in [0.4, 0.5) is 0 Å². The van der Waals surface area contributed by atoms with Gasteiger partial charge < -0.3 is 21.1 Å². The third-order valence-corrected chi connectivity index (χ3v) is 2.15. The van der Waals surface area contributed by atoms with Crippen molar-refractivity contribution in [3.05, 3.63) is 0 Å². The van der Waals surface area contributed by atoms with Crippen LogP contribution in [0, 0.1) is 5.41 Å². The van der Waals surface area contributed by atoms with Crippen LogP contribution in [0.3, 0.4) is 0 Å². The third-order valence-electron chi connectivity index (χ3n) is 2.15. The molecular formula is C11H23N7O5. The van der Waals surface area contributed by atoms with Crippen molar-refractivity contribution in [3.63, 3.8) is 0 Å². The fraction of sp³-hybridized carbons (Fsp3) is 0.636. The van der Waals surface area contributed by atoms with E-state index in [2.05, 4.69) is 10.6 Å². The number of nitrogens with two attached hydrogens (primary N) is 2. The van der Waals surface area contributed by atoms with Crippen LogP contribution in [0.1, 0.15) is 13.8 Å². The topological polar surface area (TPSA) is 169 Å². The molecule has 1 unspecified atom stereocenters. The SMILES string of the molecule is CCOC(=O)C(C)ON(N=C(N)NOCC(=O)N(C)C)C(=N)N. The standard InChI is InChI=1S/C11H23N7O5/c1-5-21-9(20)7(2)23-18(10(12)13)15-11(14)16-22-6-8(19)17(3)4/h7H,5-6H2,1-4H3,(H3,12,13)(H3,14,15,16). The van der Waals surface area contributed by atoms with E-state index in [0.717, 1.165) is 0 Å². The van der Waals surface area contributed by atoms with Gasteiger partial charge in [-0.3, -0.25) is 15.0 Å². The molecule has 0 aromatic heterocycles. The summed E-state index contributed by atoms with van der Waals surface area (Å²) in [6.45, 7) is 2.91. The lowest BCUT2D eigenvalue weighted by Crippen LogP contribution is -2.42. The summed E-state index contributed by atoms with van der Waals surface area (Å²) in [6, 6.07) is 0. The molecule has 0 aromatic carbocycles. The number of esters is 1. The minimum atomic E-state index is -1.06. The first-order chi connectivity index (χ1) is 10.7. The Morgan fingerprint density at radius 2 is 1.96 bits per heavy atom. The molecule has 1 amide bonds. The largest absolute Gasteiger partial charge is 0.464 e. The summed E-state index contributed by atoms with van der Waals surface area (Å²) in [7, 11) is 3.12. The summed E-state index contributed by atoms with van der Waals surface area (Å²) in [5.74, 6) is -1.94. The molecule has 0 saturated carbocycles. The molecular weight excluding hydrogens is 310 g/mol. The van der Waals surface area contributed by atoms with Gasteiger partial charge in [0.25, 0.3) is 5.91 Å². The number of amides is 1. The van der Waals surface area contributed by atoms with Gasteiger partial charge in [0.15, 0.2) is 12.7 Å². The maximum Gasteiger partial charge on any atom is 0.337 e. The van der Waals surface area contributed by atoms with Crippen LogP contribution in [-0.4, -0.2) is 67.3 Å². The number of hydrogen-bond acceptors (Lipinski definition) is 7. The van der Waals surface area contributed by atoms with Gasteiger partial charge in [0.05, 0.1) is 6.61 Å². The molecule has 0 aliphatic rings. The Kier molecular flexibility index (Phi) is 9.03. The number of guanidine groups is 2. The number of nitrogens with zero attached hydrogens (tertiary/aromatic N) is 3. The zero-order valence-corrected chi connectivity index (χ0v) is 13.5. The maximum absolute atomic E-state index is 11.5. The molecule has 132 valence electrons. The van der Waals surface area contributed by atoms with E-state index in [4.69, 9.17) is 31.3 Å². The Balaban J connectivity index is 4.57. The molecule has 23 heavy (non-hydrogen) atoms. The molecule has 0 radical (unpaired) electrons. The van der Waals surface area contributed by atoms with Crippen molar-refractivity contribution >= 4 is 23.8 Å². The molecule has 0 fully saturated rings. The van der Waals surface area contributed by atoms with Crippen molar-refractivity contribution in [2.75, 3.05) is 27.3 Å². The smallest absolute Gasteiger partial charge is 0.337 e. The predicted molar refractivity (Wildman–Crippen MR) is 80.3 cm³/mol. The zero-order chi connectivity index (χ0) is 18.0. The van der Waals surface area contributed by atoms with Gasteiger partial charge in [-0.15, -0.1) is 5.10 Å². The van der Waals surface area contributed by atoms with Crippen molar-refractivity contribution < 1.29 is 24.0 Å². The van der Waals surface area contributed by atoms with Crippen LogP contribution in [0.15, 0.2) is 5.10 Å². The number of likely N-dealkylation sites (N-methyl/N-ethyl adjacent to an activating group) is 1. The zero-order valence-electron chi connectivity index (χ0n) is 13.5. The molecule has 0 aliphatic carbocycles. The van der Waals surface area contributed by atoms with Crippen molar-refractivity contribution in [2.24, 2.45) is 16.6 Å². The fourth-order valence-corrected chi connectivity index (χ4v) is 1.01. The van der Waals surface area contributed by atoms with Gasteiger partial charge in [-0.05, 0) is 13.8 Å². The predicted octanol–water partition coefficient (Wildman–Crippen LogP) is -2.10. The molecule has 12 heteroatoms. The van der Waals surface area contributed by atoms with Gasteiger partial charge in [-0.1, -0.05) is 5.17 Å². The third kappa shape index (κ3) is 8.43. The fourth-order valence-electron chi connectivity index (χ4n) is 1.01. The van der Waals surface area contributed by atoms with E-state index in [9.17, 15) is 9.59 Å². The van der Waals surface area contributed by atoms with E-state index in [-0.39, 0.29) is 25.1 Å². The van der Waals surface area contributed by atoms with Crippen molar-refractivity contribution in [1.82, 2.24) is 15.6 Å². The number of hydrogen-bond donors (Lipinski definition) is 4. The van der Waals surface area contributed by atoms with E-state index < -0.39 is 18.0 Å². The summed E-state index contributed by atoms with van der Waals surface area (Å²) in [5, 5.41) is 11.4. The average molecular weight is 333 g/mol. The van der Waals surface area contributed by atoms with Gasteiger partial charge in [-0.2, -0.15) is 0 Å². The lowest BCUT2D eigenvalue weighted by atomic mass is 10.4. The Morgan fingerprint density at radius 1 is 1.35 bits per heavy atom. The minimum absolute atomic E-state index is 0.174. The van der Waals surface area contributed by atoms with Crippen molar-refractivity contribution in [2.45, 2.75) is 20.0 Å². The van der Waals surface area contributed by atoms with Crippen LogP contribution in [0.25, 0.3) is 0 Å². The average Bonchev–Trinajstić information content (AvgIpc) is 2.46. The normalized spacial score (nSPS) is 12.3. The summed E-state index contributed by atoms with van der Waals surface area (Å²) >= 11 is 0. The van der Waals surface area contributed by atoms with Gasteiger partial charge in [0.1, 0.15) is 0 Å². The highest BCUT2D eigenvalue weighted by Gasteiger charge is 2.20. The number of hydroxylamine groups is 2. The first kappa shape index (κ1) is 20.4. The molecule has 0 saturated heterocycles. The second-order valence-corrected chi connectivity index (χ2v) is 4.32. The van der Waals surface area contributed by atoms with E-state index in [0.29, 0.717) is 5.17 Å². The Morgan fingerprint density at radius 3 is 2.43 bits per heavy atom. The van der Waals surface area contributed by atoms with E-state index in [1.165, 1.54) is 11.8 Å². The first-order valence-electron chi connectivity index (χ1n) is 6.58. The monoisotopic (exact) mass is 333 g/mol. The molecule has 0 bridgehead atoms. The quantitative estimate of drug-likeness (QED) is 0.168.